The first-order valence-corrected chi connectivity index (χ1v) is 6.30. The molecule has 3 N–H and O–H groups in total. The first-order chi connectivity index (χ1) is 9.06. The van der Waals surface area contributed by atoms with Gasteiger partial charge < -0.3 is 20.5 Å². The van der Waals surface area contributed by atoms with Crippen molar-refractivity contribution >= 4 is 5.91 Å². The van der Waals surface area contributed by atoms with Crippen LogP contribution in [0.4, 0.5) is 0 Å². The van der Waals surface area contributed by atoms with Crippen molar-refractivity contribution in [1.29, 1.82) is 0 Å². The van der Waals surface area contributed by atoms with E-state index in [0.29, 0.717) is 25.1 Å². The Bertz CT molecular complexity index is 419. The molecule has 0 spiro atoms. The highest BCUT2D eigenvalue weighted by Gasteiger charge is 2.07. The second-order valence-electron chi connectivity index (χ2n) is 4.47. The van der Waals surface area contributed by atoms with Gasteiger partial charge in [-0.25, -0.2) is 0 Å². The average molecular weight is 266 g/mol. The lowest BCUT2D eigenvalue weighted by Gasteiger charge is -2.11. The Morgan fingerprint density at radius 1 is 1.37 bits per heavy atom. The largest absolute Gasteiger partial charge is 0.497 e. The zero-order valence-corrected chi connectivity index (χ0v) is 11.7. The maximum atomic E-state index is 11.6. The first kappa shape index (κ1) is 15.3. The SMILES string of the molecule is COc1ccc(CNC(=O)CCC(C)N)c(OC)c1. The summed E-state index contributed by atoms with van der Waals surface area (Å²) in [5.41, 5.74) is 6.53. The van der Waals surface area contributed by atoms with E-state index in [4.69, 9.17) is 15.2 Å². The topological polar surface area (TPSA) is 73.6 Å². The number of nitrogens with two attached hydrogens (primary N) is 1. The van der Waals surface area contributed by atoms with Crippen LogP contribution in [0.25, 0.3) is 0 Å². The van der Waals surface area contributed by atoms with Crippen LogP contribution < -0.4 is 20.5 Å². The molecule has 5 nitrogen and oxygen atoms in total. The maximum absolute atomic E-state index is 11.6. The quantitative estimate of drug-likeness (QED) is 0.783. The third kappa shape index (κ3) is 5.18. The van der Waals surface area contributed by atoms with Crippen molar-refractivity contribution in [2.75, 3.05) is 14.2 Å². The maximum Gasteiger partial charge on any atom is 0.220 e. The number of benzene rings is 1. The number of carbonyl (C=O) groups excluding carboxylic acids is 1. The van der Waals surface area contributed by atoms with E-state index in [1.165, 1.54) is 0 Å². The third-order valence-electron chi connectivity index (χ3n) is 2.80. The molecular weight excluding hydrogens is 244 g/mol. The predicted octanol–water partition coefficient (Wildman–Crippen LogP) is 1.45. The molecule has 1 amide bonds. The molecule has 0 aliphatic heterocycles. The Morgan fingerprint density at radius 3 is 2.68 bits per heavy atom. The molecule has 1 aromatic rings. The number of ether oxygens (including phenoxy) is 2. The minimum absolute atomic E-state index is 0.00447. The molecule has 19 heavy (non-hydrogen) atoms. The Hall–Kier alpha value is -1.75. The highest BCUT2D eigenvalue weighted by atomic mass is 16.5. The lowest BCUT2D eigenvalue weighted by molar-refractivity contribution is -0.121. The molecule has 0 bridgehead atoms. The van der Waals surface area contributed by atoms with E-state index in [1.54, 1.807) is 20.3 Å². The first-order valence-electron chi connectivity index (χ1n) is 6.30. The van der Waals surface area contributed by atoms with Gasteiger partial charge in [-0.1, -0.05) is 0 Å². The number of rotatable bonds is 7. The van der Waals surface area contributed by atoms with Gasteiger partial charge in [0.15, 0.2) is 0 Å². The van der Waals surface area contributed by atoms with Crippen LogP contribution >= 0.6 is 0 Å². The van der Waals surface area contributed by atoms with Crippen LogP contribution in [0, 0.1) is 0 Å². The number of nitrogens with one attached hydrogen (secondary N) is 1. The minimum atomic E-state index is -0.00447. The number of amides is 1. The molecule has 0 aliphatic carbocycles. The molecule has 5 heteroatoms. The zero-order chi connectivity index (χ0) is 14.3. The molecular formula is C14H22N2O3. The summed E-state index contributed by atoms with van der Waals surface area (Å²) in [4.78, 5) is 11.6. The van der Waals surface area contributed by atoms with E-state index < -0.39 is 0 Å². The van der Waals surface area contributed by atoms with E-state index in [9.17, 15) is 4.79 Å². The van der Waals surface area contributed by atoms with Crippen LogP contribution in [0.15, 0.2) is 18.2 Å². The summed E-state index contributed by atoms with van der Waals surface area (Å²) in [6, 6.07) is 5.56. The summed E-state index contributed by atoms with van der Waals surface area (Å²) in [6.45, 7) is 2.32. The predicted molar refractivity (Wildman–Crippen MR) is 74.3 cm³/mol. The van der Waals surface area contributed by atoms with E-state index in [-0.39, 0.29) is 11.9 Å². The van der Waals surface area contributed by atoms with Crippen molar-refractivity contribution < 1.29 is 14.3 Å². The molecule has 0 aromatic heterocycles. The van der Waals surface area contributed by atoms with Gasteiger partial charge >= 0.3 is 0 Å². The van der Waals surface area contributed by atoms with Gasteiger partial charge in [0.05, 0.1) is 14.2 Å². The fourth-order valence-electron chi connectivity index (χ4n) is 1.64. The molecule has 1 atom stereocenters. The van der Waals surface area contributed by atoms with Crippen molar-refractivity contribution in [2.45, 2.75) is 32.4 Å². The molecule has 1 unspecified atom stereocenters. The summed E-state index contributed by atoms with van der Waals surface area (Å²) in [5.74, 6) is 1.42. The highest BCUT2D eigenvalue weighted by molar-refractivity contribution is 5.76. The van der Waals surface area contributed by atoms with Gasteiger partial charge in [-0.3, -0.25) is 4.79 Å². The Kier molecular flexibility index (Phi) is 6.15. The van der Waals surface area contributed by atoms with Crippen molar-refractivity contribution in [3.63, 3.8) is 0 Å². The van der Waals surface area contributed by atoms with Crippen LogP contribution in [0.2, 0.25) is 0 Å². The molecule has 0 heterocycles. The monoisotopic (exact) mass is 266 g/mol. The van der Waals surface area contributed by atoms with E-state index >= 15 is 0 Å². The van der Waals surface area contributed by atoms with Crippen molar-refractivity contribution in [3.8, 4) is 11.5 Å². The number of hydrogen-bond acceptors (Lipinski definition) is 4. The molecule has 1 aromatic carbocycles. The molecule has 0 saturated carbocycles. The standard InChI is InChI=1S/C14H22N2O3/c1-10(15)4-7-14(17)16-9-11-5-6-12(18-2)8-13(11)19-3/h5-6,8,10H,4,7,9,15H2,1-3H3,(H,16,17). The second kappa shape index (κ2) is 7.63. The van der Waals surface area contributed by atoms with Gasteiger partial charge in [0.25, 0.3) is 0 Å². The van der Waals surface area contributed by atoms with Gasteiger partial charge in [0.1, 0.15) is 11.5 Å². The Labute approximate surface area is 114 Å². The molecule has 0 radical (unpaired) electrons. The zero-order valence-electron chi connectivity index (χ0n) is 11.7. The lowest BCUT2D eigenvalue weighted by Crippen LogP contribution is -2.25. The summed E-state index contributed by atoms with van der Waals surface area (Å²) in [6.07, 6.45) is 1.13. The van der Waals surface area contributed by atoms with Gasteiger partial charge in [-0.15, -0.1) is 0 Å². The fourth-order valence-corrected chi connectivity index (χ4v) is 1.64. The number of carbonyl (C=O) groups is 1. The average Bonchev–Trinajstić information content (AvgIpc) is 2.42. The van der Waals surface area contributed by atoms with Gasteiger partial charge in [-0.2, -0.15) is 0 Å². The molecule has 0 aliphatic rings. The smallest absolute Gasteiger partial charge is 0.220 e. The normalized spacial score (nSPS) is 11.8. The van der Waals surface area contributed by atoms with Crippen LogP contribution in [-0.2, 0) is 11.3 Å². The number of methoxy groups -OCH3 is 2. The van der Waals surface area contributed by atoms with Crippen LogP contribution in [0.1, 0.15) is 25.3 Å². The lowest BCUT2D eigenvalue weighted by atomic mass is 10.1. The van der Waals surface area contributed by atoms with Crippen LogP contribution in [0.5, 0.6) is 11.5 Å². The van der Waals surface area contributed by atoms with Crippen molar-refractivity contribution in [1.82, 2.24) is 5.32 Å². The van der Waals surface area contributed by atoms with Crippen LogP contribution in [-0.4, -0.2) is 26.2 Å². The van der Waals surface area contributed by atoms with Crippen LogP contribution in [0.3, 0.4) is 0 Å². The molecule has 1 rings (SSSR count). The van der Waals surface area contributed by atoms with Gasteiger partial charge in [0.2, 0.25) is 5.91 Å². The van der Waals surface area contributed by atoms with E-state index in [0.717, 1.165) is 11.3 Å². The van der Waals surface area contributed by atoms with Gasteiger partial charge in [0, 0.05) is 30.6 Å². The summed E-state index contributed by atoms with van der Waals surface area (Å²) in [5, 5.41) is 2.85. The minimum Gasteiger partial charge on any atom is -0.497 e. The summed E-state index contributed by atoms with van der Waals surface area (Å²) >= 11 is 0. The van der Waals surface area contributed by atoms with E-state index in [2.05, 4.69) is 5.32 Å². The van der Waals surface area contributed by atoms with Crippen molar-refractivity contribution in [3.05, 3.63) is 23.8 Å². The fraction of sp³-hybridized carbons (Fsp3) is 0.500. The molecule has 0 saturated heterocycles. The summed E-state index contributed by atoms with van der Waals surface area (Å²) < 4.78 is 10.4. The highest BCUT2D eigenvalue weighted by Crippen LogP contribution is 2.24. The summed E-state index contributed by atoms with van der Waals surface area (Å²) in [7, 11) is 3.19. The van der Waals surface area contributed by atoms with E-state index in [1.807, 2.05) is 19.1 Å². The molecule has 106 valence electrons. The Balaban J connectivity index is 2.55. The van der Waals surface area contributed by atoms with Gasteiger partial charge in [-0.05, 0) is 25.5 Å². The third-order valence-corrected chi connectivity index (χ3v) is 2.80. The molecule has 0 fully saturated rings. The second-order valence-corrected chi connectivity index (χ2v) is 4.47. The number of hydrogen-bond donors (Lipinski definition) is 2. The van der Waals surface area contributed by atoms with Crippen molar-refractivity contribution in [2.24, 2.45) is 5.73 Å². The Morgan fingerprint density at radius 2 is 2.11 bits per heavy atom.